The van der Waals surface area contributed by atoms with E-state index in [4.69, 9.17) is 0 Å². The topological polar surface area (TPSA) is 48.1 Å². The fraction of sp³-hybridized carbons (Fsp3) is 0.261. The molecule has 7 heteroatoms. The van der Waals surface area contributed by atoms with Gasteiger partial charge in [-0.2, -0.15) is 13.2 Å². The van der Waals surface area contributed by atoms with E-state index in [1.165, 1.54) is 23.8 Å². The van der Waals surface area contributed by atoms with Crippen LogP contribution in [0.2, 0.25) is 0 Å². The van der Waals surface area contributed by atoms with Crippen LogP contribution in [0.5, 0.6) is 0 Å². The first kappa shape index (κ1) is 20.2. The van der Waals surface area contributed by atoms with Crippen LogP contribution in [0.4, 0.5) is 18.9 Å². The minimum absolute atomic E-state index is 0.214. The first-order valence-electron chi connectivity index (χ1n) is 9.81. The Bertz CT molecular complexity index is 1100. The molecule has 0 unspecified atom stereocenters. The summed E-state index contributed by atoms with van der Waals surface area (Å²) in [4.78, 5) is 17.9. The Kier molecular flexibility index (Phi) is 5.39. The zero-order chi connectivity index (χ0) is 21.3. The lowest BCUT2D eigenvalue weighted by Gasteiger charge is -2.31. The Morgan fingerprint density at radius 3 is 2.60 bits per heavy atom. The second-order valence-electron chi connectivity index (χ2n) is 7.43. The van der Waals surface area contributed by atoms with Crippen molar-refractivity contribution in [2.45, 2.75) is 25.6 Å². The largest absolute Gasteiger partial charge is 0.418 e. The molecule has 1 atom stereocenters. The van der Waals surface area contributed by atoms with E-state index in [0.717, 1.165) is 29.0 Å². The fourth-order valence-electron chi connectivity index (χ4n) is 3.86. The third kappa shape index (κ3) is 3.98. The van der Waals surface area contributed by atoms with Crippen LogP contribution in [0.1, 0.15) is 24.5 Å². The van der Waals surface area contributed by atoms with Crippen molar-refractivity contribution in [1.82, 2.24) is 9.88 Å². The highest BCUT2D eigenvalue weighted by Gasteiger charge is 2.34. The number of hydrogen-bond donors (Lipinski definition) is 2. The summed E-state index contributed by atoms with van der Waals surface area (Å²) in [6.45, 7) is 2.93. The average Bonchev–Trinajstić information content (AvgIpc) is 3.17. The van der Waals surface area contributed by atoms with Crippen molar-refractivity contribution in [3.8, 4) is 0 Å². The highest BCUT2D eigenvalue weighted by Crippen LogP contribution is 2.35. The van der Waals surface area contributed by atoms with Crippen LogP contribution < -0.4 is 5.32 Å². The molecule has 2 N–H and O–H groups in total. The van der Waals surface area contributed by atoms with Gasteiger partial charge in [0.1, 0.15) is 0 Å². The van der Waals surface area contributed by atoms with Gasteiger partial charge in [0, 0.05) is 35.8 Å². The molecule has 1 aromatic heterocycles. The SMILES string of the molecule is C[C@@H](C(=O)Nc1ccccc1C(F)(F)F)N1CC=C(c2c[nH]c3ccccc23)CC1. The molecular formula is C23H22F3N3O. The van der Waals surface area contributed by atoms with E-state index < -0.39 is 23.7 Å². The van der Waals surface area contributed by atoms with Gasteiger partial charge in [0.05, 0.1) is 17.3 Å². The predicted octanol–water partition coefficient (Wildman–Crippen LogP) is 5.30. The molecule has 1 aliphatic rings. The molecule has 0 fully saturated rings. The third-order valence-electron chi connectivity index (χ3n) is 5.59. The molecule has 3 aromatic rings. The lowest BCUT2D eigenvalue weighted by atomic mass is 9.98. The number of nitrogens with zero attached hydrogens (tertiary/aromatic N) is 1. The van der Waals surface area contributed by atoms with Crippen LogP contribution in [-0.2, 0) is 11.0 Å². The van der Waals surface area contributed by atoms with Gasteiger partial charge in [0.15, 0.2) is 0 Å². The highest BCUT2D eigenvalue weighted by molar-refractivity contribution is 5.96. The molecule has 0 saturated heterocycles. The van der Waals surface area contributed by atoms with Crippen molar-refractivity contribution in [2.75, 3.05) is 18.4 Å². The number of H-pyrrole nitrogens is 1. The zero-order valence-corrected chi connectivity index (χ0v) is 16.5. The van der Waals surface area contributed by atoms with Gasteiger partial charge in [0.25, 0.3) is 0 Å². The van der Waals surface area contributed by atoms with Crippen LogP contribution in [0, 0.1) is 0 Å². The molecule has 0 spiro atoms. The van der Waals surface area contributed by atoms with Crippen molar-refractivity contribution < 1.29 is 18.0 Å². The van der Waals surface area contributed by atoms with Crippen molar-refractivity contribution in [1.29, 1.82) is 0 Å². The summed E-state index contributed by atoms with van der Waals surface area (Å²) < 4.78 is 39.5. The Morgan fingerprint density at radius 2 is 1.87 bits per heavy atom. The molecule has 1 amide bonds. The number of nitrogens with one attached hydrogen (secondary N) is 2. The molecule has 30 heavy (non-hydrogen) atoms. The first-order valence-corrected chi connectivity index (χ1v) is 9.81. The lowest BCUT2D eigenvalue weighted by molar-refractivity contribution is -0.137. The number of anilines is 1. The maximum Gasteiger partial charge on any atom is 0.418 e. The maximum absolute atomic E-state index is 13.2. The van der Waals surface area contributed by atoms with Crippen LogP contribution in [0.15, 0.2) is 60.8 Å². The molecule has 0 saturated carbocycles. The number of carbonyl (C=O) groups is 1. The number of aromatic nitrogens is 1. The number of alkyl halides is 3. The van der Waals surface area contributed by atoms with Crippen molar-refractivity contribution in [2.24, 2.45) is 0 Å². The van der Waals surface area contributed by atoms with E-state index in [1.54, 1.807) is 6.92 Å². The average molecular weight is 413 g/mol. The molecule has 156 valence electrons. The summed E-state index contributed by atoms with van der Waals surface area (Å²) in [5.41, 5.74) is 2.38. The molecule has 2 aromatic carbocycles. The van der Waals surface area contributed by atoms with E-state index in [1.807, 2.05) is 29.3 Å². The van der Waals surface area contributed by atoms with E-state index in [9.17, 15) is 18.0 Å². The molecule has 4 rings (SSSR count). The summed E-state index contributed by atoms with van der Waals surface area (Å²) in [6.07, 6.45) is 0.330. The lowest BCUT2D eigenvalue weighted by Crippen LogP contribution is -2.44. The van der Waals surface area contributed by atoms with Crippen LogP contribution >= 0.6 is 0 Å². The quantitative estimate of drug-likeness (QED) is 0.610. The van der Waals surface area contributed by atoms with Crippen LogP contribution in [0.25, 0.3) is 16.5 Å². The number of rotatable bonds is 4. The van der Waals surface area contributed by atoms with Gasteiger partial charge in [-0.15, -0.1) is 0 Å². The van der Waals surface area contributed by atoms with E-state index in [2.05, 4.69) is 22.4 Å². The van der Waals surface area contributed by atoms with E-state index in [-0.39, 0.29) is 5.69 Å². The summed E-state index contributed by atoms with van der Waals surface area (Å²) in [6, 6.07) is 12.6. The molecule has 0 radical (unpaired) electrons. The van der Waals surface area contributed by atoms with E-state index >= 15 is 0 Å². The minimum atomic E-state index is -4.52. The van der Waals surface area contributed by atoms with Gasteiger partial charge in [-0.1, -0.05) is 36.4 Å². The maximum atomic E-state index is 13.2. The Morgan fingerprint density at radius 1 is 1.13 bits per heavy atom. The molecule has 1 aliphatic heterocycles. The number of carbonyl (C=O) groups excluding carboxylic acids is 1. The second kappa shape index (κ2) is 7.99. The number of amides is 1. The summed E-state index contributed by atoms with van der Waals surface area (Å²) in [5, 5.41) is 3.61. The number of halogens is 3. The standard InChI is InChI=1S/C23H22F3N3O/c1-15(22(30)28-21-9-5-3-7-19(21)23(24,25)26)29-12-10-16(11-13-29)18-14-27-20-8-4-2-6-17(18)20/h2-10,14-15,27H,11-13H2,1H3,(H,28,30)/t15-/m0/s1. The van der Waals surface area contributed by atoms with Crippen LogP contribution in [-0.4, -0.2) is 34.9 Å². The number of para-hydroxylation sites is 2. The zero-order valence-electron chi connectivity index (χ0n) is 16.5. The van der Waals surface area contributed by atoms with Crippen LogP contribution in [0.3, 0.4) is 0 Å². The smallest absolute Gasteiger partial charge is 0.361 e. The molecule has 0 bridgehead atoms. The molecular weight excluding hydrogens is 391 g/mol. The Hall–Kier alpha value is -3.06. The van der Waals surface area contributed by atoms with Crippen molar-refractivity contribution in [3.05, 3.63) is 71.9 Å². The number of aromatic amines is 1. The molecule has 4 nitrogen and oxygen atoms in total. The highest BCUT2D eigenvalue weighted by atomic mass is 19.4. The molecule has 0 aliphatic carbocycles. The number of benzene rings is 2. The van der Waals surface area contributed by atoms with Crippen molar-refractivity contribution >= 4 is 28.1 Å². The predicted molar refractivity (Wildman–Crippen MR) is 112 cm³/mol. The van der Waals surface area contributed by atoms with Gasteiger partial charge in [-0.05, 0) is 37.1 Å². The first-order chi connectivity index (χ1) is 14.3. The summed E-state index contributed by atoms with van der Waals surface area (Å²) >= 11 is 0. The number of hydrogen-bond acceptors (Lipinski definition) is 2. The van der Waals surface area contributed by atoms with E-state index in [0.29, 0.717) is 13.1 Å². The third-order valence-corrected chi connectivity index (χ3v) is 5.59. The summed E-state index contributed by atoms with van der Waals surface area (Å²) in [5.74, 6) is -0.448. The van der Waals surface area contributed by atoms with Crippen molar-refractivity contribution in [3.63, 3.8) is 0 Å². The van der Waals surface area contributed by atoms with Gasteiger partial charge in [-0.3, -0.25) is 9.69 Å². The Balaban J connectivity index is 1.46. The monoisotopic (exact) mass is 413 g/mol. The minimum Gasteiger partial charge on any atom is -0.361 e. The van der Waals surface area contributed by atoms with Gasteiger partial charge in [-0.25, -0.2) is 0 Å². The normalized spacial score (nSPS) is 16.3. The number of fused-ring (bicyclic) bond motifs is 1. The second-order valence-corrected chi connectivity index (χ2v) is 7.43. The molecule has 2 heterocycles. The van der Waals surface area contributed by atoms with Gasteiger partial charge >= 0.3 is 6.18 Å². The Labute approximate surface area is 172 Å². The fourth-order valence-corrected chi connectivity index (χ4v) is 3.86. The van der Waals surface area contributed by atoms with Gasteiger partial charge < -0.3 is 10.3 Å². The summed E-state index contributed by atoms with van der Waals surface area (Å²) in [7, 11) is 0. The van der Waals surface area contributed by atoms with Gasteiger partial charge in [0.2, 0.25) is 5.91 Å².